The Kier molecular flexibility index (Phi) is 7.18. The van der Waals surface area contributed by atoms with Crippen molar-refractivity contribution in [2.45, 2.75) is 64.0 Å². The van der Waals surface area contributed by atoms with E-state index in [1.807, 2.05) is 0 Å². The Morgan fingerprint density at radius 3 is 2.64 bits per heavy atom. The first-order valence-electron chi connectivity index (χ1n) is 10.2. The van der Waals surface area contributed by atoms with Crippen LogP contribution < -0.4 is 15.4 Å². The molecule has 1 atom stereocenters. The number of likely N-dealkylation sites (tertiary alicyclic amines) is 1. The van der Waals surface area contributed by atoms with Crippen LogP contribution in [0.2, 0.25) is 5.02 Å². The van der Waals surface area contributed by atoms with Crippen LogP contribution in [0.5, 0.6) is 5.75 Å². The van der Waals surface area contributed by atoms with Gasteiger partial charge >= 0.3 is 0 Å². The van der Waals surface area contributed by atoms with E-state index in [9.17, 15) is 9.59 Å². The van der Waals surface area contributed by atoms with Gasteiger partial charge in [0.1, 0.15) is 5.75 Å². The number of nitrogens with one attached hydrogen (secondary N) is 2. The fraction of sp³-hybridized carbons (Fsp3) is 0.619. The van der Waals surface area contributed by atoms with Gasteiger partial charge in [-0.05, 0) is 25.3 Å². The minimum Gasteiger partial charge on any atom is -0.496 e. The Morgan fingerprint density at radius 1 is 1.21 bits per heavy atom. The number of hydrogen-bond acceptors (Lipinski definition) is 4. The molecule has 1 saturated heterocycles. The average Bonchev–Trinajstić information content (AvgIpc) is 3.18. The minimum absolute atomic E-state index is 0.136. The summed E-state index contributed by atoms with van der Waals surface area (Å²) in [6.45, 7) is 3.70. The van der Waals surface area contributed by atoms with Crippen molar-refractivity contribution in [3.8, 4) is 5.75 Å². The maximum absolute atomic E-state index is 12.8. The third kappa shape index (κ3) is 4.97. The molecule has 1 aliphatic carbocycles. The van der Waals surface area contributed by atoms with Crippen LogP contribution in [0.4, 0.5) is 5.69 Å². The molecule has 2 N–H and O–H groups in total. The number of ether oxygens (including phenoxy) is 1. The number of methoxy groups -OCH3 is 1. The summed E-state index contributed by atoms with van der Waals surface area (Å²) in [7, 11) is 1.51. The lowest BCUT2D eigenvalue weighted by atomic mass is 9.94. The monoisotopic (exact) mass is 407 g/mol. The Hall–Kier alpha value is -1.79. The predicted molar refractivity (Wildman–Crippen MR) is 111 cm³/mol. The molecule has 3 rings (SSSR count). The fourth-order valence-corrected chi connectivity index (χ4v) is 4.39. The molecule has 1 saturated carbocycles. The van der Waals surface area contributed by atoms with E-state index in [0.717, 1.165) is 19.5 Å². The lowest BCUT2D eigenvalue weighted by Gasteiger charge is -2.31. The van der Waals surface area contributed by atoms with Crippen molar-refractivity contribution in [1.29, 1.82) is 0 Å². The van der Waals surface area contributed by atoms with Gasteiger partial charge in [0, 0.05) is 37.7 Å². The summed E-state index contributed by atoms with van der Waals surface area (Å²) in [5.41, 5.74) is 0.837. The summed E-state index contributed by atoms with van der Waals surface area (Å²) in [5.74, 6) is 0.0629. The Morgan fingerprint density at radius 2 is 1.96 bits per heavy atom. The van der Waals surface area contributed by atoms with Crippen molar-refractivity contribution in [2.24, 2.45) is 0 Å². The zero-order valence-electron chi connectivity index (χ0n) is 16.7. The SMILES string of the molecule is CCC(=O)Nc1cc(OC)c(C(=O)N[C@H]2CCN(C3CCCCC3)C2)cc1Cl. The average molecular weight is 408 g/mol. The number of carbonyl (C=O) groups is 2. The molecule has 1 heterocycles. The van der Waals surface area contributed by atoms with Gasteiger partial charge in [-0.2, -0.15) is 0 Å². The second-order valence-electron chi connectivity index (χ2n) is 7.68. The molecule has 0 unspecified atom stereocenters. The molecule has 0 spiro atoms. The predicted octanol–water partition coefficient (Wildman–Crippen LogP) is 3.83. The molecule has 154 valence electrons. The molecular weight excluding hydrogens is 378 g/mol. The van der Waals surface area contributed by atoms with Crippen LogP contribution in [-0.4, -0.2) is 49.0 Å². The second-order valence-corrected chi connectivity index (χ2v) is 8.09. The summed E-state index contributed by atoms with van der Waals surface area (Å²) in [5, 5.41) is 6.18. The molecule has 2 aliphatic rings. The molecule has 2 amide bonds. The van der Waals surface area contributed by atoms with Crippen molar-refractivity contribution >= 4 is 29.1 Å². The molecule has 1 aromatic carbocycles. The largest absolute Gasteiger partial charge is 0.496 e. The normalized spacial score (nSPS) is 20.8. The first kappa shape index (κ1) is 20.9. The highest BCUT2D eigenvalue weighted by atomic mass is 35.5. The van der Waals surface area contributed by atoms with Gasteiger partial charge in [-0.3, -0.25) is 14.5 Å². The maximum atomic E-state index is 12.8. The molecule has 0 aromatic heterocycles. The van der Waals surface area contributed by atoms with Crippen LogP contribution in [0, 0.1) is 0 Å². The standard InChI is InChI=1S/C21H30ClN3O3/c1-3-20(26)24-18-12-19(28-2)16(11-17(18)22)21(27)23-14-9-10-25(13-14)15-7-5-4-6-8-15/h11-12,14-15H,3-10,13H2,1-2H3,(H,23,27)(H,24,26)/t14-/m0/s1. The summed E-state index contributed by atoms with van der Waals surface area (Å²) in [6, 6.07) is 3.97. The quantitative estimate of drug-likeness (QED) is 0.751. The Labute approximate surface area is 171 Å². The van der Waals surface area contributed by atoms with Crippen LogP contribution in [0.1, 0.15) is 62.2 Å². The summed E-state index contributed by atoms with van der Waals surface area (Å²) >= 11 is 6.29. The van der Waals surface area contributed by atoms with E-state index < -0.39 is 0 Å². The first-order valence-corrected chi connectivity index (χ1v) is 10.6. The fourth-order valence-electron chi connectivity index (χ4n) is 4.18. The first-order chi connectivity index (χ1) is 13.5. The van der Waals surface area contributed by atoms with Crippen LogP contribution >= 0.6 is 11.6 Å². The molecule has 0 radical (unpaired) electrons. The van der Waals surface area contributed by atoms with E-state index in [2.05, 4.69) is 15.5 Å². The number of nitrogens with zero attached hydrogens (tertiary/aromatic N) is 1. The third-order valence-corrected chi connectivity index (χ3v) is 6.09. The van der Waals surface area contributed by atoms with Crippen molar-refractivity contribution in [2.75, 3.05) is 25.5 Å². The van der Waals surface area contributed by atoms with Crippen molar-refractivity contribution in [1.82, 2.24) is 10.2 Å². The van der Waals surface area contributed by atoms with E-state index in [1.54, 1.807) is 19.1 Å². The number of amides is 2. The lowest BCUT2D eigenvalue weighted by molar-refractivity contribution is -0.115. The van der Waals surface area contributed by atoms with Gasteiger partial charge in [-0.25, -0.2) is 0 Å². The number of anilines is 1. The van der Waals surface area contributed by atoms with Crippen molar-refractivity contribution < 1.29 is 14.3 Å². The summed E-state index contributed by atoms with van der Waals surface area (Å²) < 4.78 is 5.38. The number of hydrogen-bond donors (Lipinski definition) is 2. The van der Waals surface area contributed by atoms with E-state index in [0.29, 0.717) is 34.5 Å². The summed E-state index contributed by atoms with van der Waals surface area (Å²) in [4.78, 5) is 27.0. The highest BCUT2D eigenvalue weighted by Crippen LogP contribution is 2.32. The van der Waals surface area contributed by atoms with Gasteiger partial charge in [-0.1, -0.05) is 37.8 Å². The molecule has 2 fully saturated rings. The molecular formula is C21H30ClN3O3. The molecule has 0 bridgehead atoms. The van der Waals surface area contributed by atoms with Gasteiger partial charge < -0.3 is 15.4 Å². The highest BCUT2D eigenvalue weighted by molar-refractivity contribution is 6.34. The van der Waals surface area contributed by atoms with Crippen LogP contribution in [0.3, 0.4) is 0 Å². The smallest absolute Gasteiger partial charge is 0.255 e. The third-order valence-electron chi connectivity index (χ3n) is 5.77. The Balaban J connectivity index is 1.65. The molecule has 7 heteroatoms. The lowest BCUT2D eigenvalue weighted by Crippen LogP contribution is -2.40. The maximum Gasteiger partial charge on any atom is 0.255 e. The molecule has 6 nitrogen and oxygen atoms in total. The zero-order valence-corrected chi connectivity index (χ0v) is 17.5. The Bertz CT molecular complexity index is 719. The molecule has 28 heavy (non-hydrogen) atoms. The summed E-state index contributed by atoms with van der Waals surface area (Å²) in [6.07, 6.45) is 7.83. The topological polar surface area (TPSA) is 70.7 Å². The van der Waals surface area contributed by atoms with E-state index in [1.165, 1.54) is 39.2 Å². The zero-order chi connectivity index (χ0) is 20.1. The molecule has 1 aromatic rings. The van der Waals surface area contributed by atoms with Gasteiger partial charge in [0.25, 0.3) is 5.91 Å². The number of benzene rings is 1. The van der Waals surface area contributed by atoms with Crippen LogP contribution in [-0.2, 0) is 4.79 Å². The van der Waals surface area contributed by atoms with Gasteiger partial charge in [0.2, 0.25) is 5.91 Å². The van der Waals surface area contributed by atoms with Gasteiger partial charge in [0.05, 0.1) is 23.4 Å². The van der Waals surface area contributed by atoms with Crippen LogP contribution in [0.15, 0.2) is 12.1 Å². The molecule has 1 aliphatic heterocycles. The van der Waals surface area contributed by atoms with E-state index in [4.69, 9.17) is 16.3 Å². The van der Waals surface area contributed by atoms with Gasteiger partial charge in [-0.15, -0.1) is 0 Å². The highest BCUT2D eigenvalue weighted by Gasteiger charge is 2.30. The van der Waals surface area contributed by atoms with E-state index in [-0.39, 0.29) is 17.9 Å². The number of halogens is 1. The number of carbonyl (C=O) groups excluding carboxylic acids is 2. The van der Waals surface area contributed by atoms with Crippen molar-refractivity contribution in [3.63, 3.8) is 0 Å². The van der Waals surface area contributed by atoms with Crippen LogP contribution in [0.25, 0.3) is 0 Å². The van der Waals surface area contributed by atoms with E-state index >= 15 is 0 Å². The number of rotatable bonds is 6. The minimum atomic E-state index is -0.192. The second kappa shape index (κ2) is 9.61. The van der Waals surface area contributed by atoms with Gasteiger partial charge in [0.15, 0.2) is 0 Å². The van der Waals surface area contributed by atoms with Crippen molar-refractivity contribution in [3.05, 3.63) is 22.7 Å².